The van der Waals surface area contributed by atoms with Crippen molar-refractivity contribution in [3.63, 3.8) is 0 Å². The predicted molar refractivity (Wildman–Crippen MR) is 151 cm³/mol. The largest absolute Gasteiger partial charge is 0.465 e. The molecule has 5 aliphatic carbocycles. The molecule has 5 rings (SSSR count). The van der Waals surface area contributed by atoms with Gasteiger partial charge in [-0.15, -0.1) is 0 Å². The molecule has 0 heterocycles. The molecule has 0 aromatic carbocycles. The molecule has 4 heteroatoms. The maximum absolute atomic E-state index is 11.9. The summed E-state index contributed by atoms with van der Waals surface area (Å²) in [4.78, 5) is 23.6. The molecule has 214 valence electrons. The third kappa shape index (κ3) is 3.96. The Morgan fingerprint density at radius 1 is 0.842 bits per heavy atom. The number of hydrogen-bond acceptors (Lipinski definition) is 4. The van der Waals surface area contributed by atoms with E-state index < -0.39 is 0 Å². The Labute approximate surface area is 232 Å². The molecule has 0 N–H and O–H groups in total. The van der Waals surface area contributed by atoms with Gasteiger partial charge in [-0.2, -0.15) is 0 Å². The second kappa shape index (κ2) is 8.84. The molecule has 0 unspecified atom stereocenters. The zero-order chi connectivity index (χ0) is 27.9. The third-order valence-electron chi connectivity index (χ3n) is 13.8. The topological polar surface area (TPSA) is 52.6 Å². The van der Waals surface area contributed by atoms with Gasteiger partial charge < -0.3 is 9.47 Å². The normalized spacial score (nSPS) is 49.3. The van der Waals surface area contributed by atoms with Gasteiger partial charge in [-0.25, -0.2) is 0 Å². The number of ether oxygens (including phenoxy) is 2. The van der Waals surface area contributed by atoms with Crippen LogP contribution in [-0.2, 0) is 19.1 Å². The molecule has 38 heavy (non-hydrogen) atoms. The first kappa shape index (κ1) is 28.2. The van der Waals surface area contributed by atoms with Crippen molar-refractivity contribution in [2.75, 3.05) is 6.61 Å². The van der Waals surface area contributed by atoms with E-state index in [0.717, 1.165) is 25.7 Å². The predicted octanol–water partition coefficient (Wildman–Crippen LogP) is 8.28. The van der Waals surface area contributed by atoms with Crippen molar-refractivity contribution in [2.24, 2.45) is 50.2 Å². The van der Waals surface area contributed by atoms with E-state index in [2.05, 4.69) is 54.5 Å². The van der Waals surface area contributed by atoms with Crippen LogP contribution in [0.2, 0.25) is 0 Å². The van der Waals surface area contributed by atoms with Crippen molar-refractivity contribution >= 4 is 11.9 Å². The van der Waals surface area contributed by atoms with E-state index in [9.17, 15) is 9.59 Å². The molecule has 5 aliphatic rings. The number of carbonyl (C=O) groups is 2. The first-order chi connectivity index (χ1) is 17.5. The third-order valence-corrected chi connectivity index (χ3v) is 13.8. The molecule has 0 saturated heterocycles. The second-order valence-electron chi connectivity index (χ2n) is 16.3. The Hall–Kier alpha value is -1.32. The summed E-state index contributed by atoms with van der Waals surface area (Å²) in [5.74, 6) is 1.51. The van der Waals surface area contributed by atoms with Crippen LogP contribution in [0.3, 0.4) is 0 Å². The van der Waals surface area contributed by atoms with Gasteiger partial charge in [0.25, 0.3) is 0 Å². The minimum absolute atomic E-state index is 0.00205. The number of esters is 2. The van der Waals surface area contributed by atoms with Gasteiger partial charge in [0.15, 0.2) is 0 Å². The van der Waals surface area contributed by atoms with Crippen molar-refractivity contribution in [1.29, 1.82) is 0 Å². The van der Waals surface area contributed by atoms with Crippen LogP contribution >= 0.6 is 0 Å². The minimum Gasteiger partial charge on any atom is -0.465 e. The molecule has 0 spiro atoms. The standard InChI is InChI=1S/C34H54O4/c1-22(35)37-21-30(5)16-17-31(6)18-19-33(8)24(25(31)20-30)10-11-27-32(7)14-13-28(38-23(2)36)29(3,4)26(32)12-15-34(27,33)9/h10,25-28H,11-21H2,1-9H3/t25-,26-,27+,28-,30-,31+,32-,33+,34+/m0/s1. The molecule has 9 atom stereocenters. The lowest BCUT2D eigenvalue weighted by atomic mass is 9.33. The molecule has 0 aliphatic heterocycles. The molecule has 0 amide bonds. The zero-order valence-corrected chi connectivity index (χ0v) is 25.8. The summed E-state index contributed by atoms with van der Waals surface area (Å²) < 4.78 is 11.5. The fourth-order valence-electron chi connectivity index (χ4n) is 11.2. The molecular formula is C34H54O4. The highest BCUT2D eigenvalue weighted by molar-refractivity contribution is 5.66. The summed E-state index contributed by atoms with van der Waals surface area (Å²) in [6.07, 6.45) is 14.6. The molecule has 0 aromatic rings. The van der Waals surface area contributed by atoms with Crippen molar-refractivity contribution in [1.82, 2.24) is 0 Å². The fraction of sp³-hybridized carbons (Fsp3) is 0.882. The first-order valence-corrected chi connectivity index (χ1v) is 15.5. The first-order valence-electron chi connectivity index (χ1n) is 15.5. The van der Waals surface area contributed by atoms with E-state index in [1.807, 2.05) is 0 Å². The van der Waals surface area contributed by atoms with E-state index in [1.165, 1.54) is 45.4 Å². The molecular weight excluding hydrogens is 472 g/mol. The van der Waals surface area contributed by atoms with Crippen molar-refractivity contribution in [2.45, 2.75) is 133 Å². The highest BCUT2D eigenvalue weighted by atomic mass is 16.5. The Bertz CT molecular complexity index is 1030. The quantitative estimate of drug-likeness (QED) is 0.274. The van der Waals surface area contributed by atoms with Gasteiger partial charge in [-0.05, 0) is 104 Å². The van der Waals surface area contributed by atoms with Crippen LogP contribution in [0.25, 0.3) is 0 Å². The highest BCUT2D eigenvalue weighted by Gasteiger charge is 2.68. The highest BCUT2D eigenvalue weighted by Crippen LogP contribution is 2.75. The lowest BCUT2D eigenvalue weighted by Crippen LogP contribution is -2.64. The fourth-order valence-corrected chi connectivity index (χ4v) is 11.2. The molecule has 0 aromatic heterocycles. The number of hydrogen-bond donors (Lipinski definition) is 0. The number of carbonyl (C=O) groups excluding carboxylic acids is 2. The molecule has 4 saturated carbocycles. The molecule has 4 nitrogen and oxygen atoms in total. The maximum atomic E-state index is 11.9. The van der Waals surface area contributed by atoms with Crippen molar-refractivity contribution in [3.05, 3.63) is 11.6 Å². The SMILES string of the molecule is CC(=O)OC[C@@]1(C)CC[C@]2(C)CC[C@]3(C)C(=CC[C@@H]4[C@@]5(C)CC[C@H](OC(C)=O)C(C)(C)[C@@H]5CC[C@]43C)[C@@H]2C1. The van der Waals surface area contributed by atoms with Crippen molar-refractivity contribution in [3.8, 4) is 0 Å². The van der Waals surface area contributed by atoms with Crippen LogP contribution in [0.5, 0.6) is 0 Å². The van der Waals surface area contributed by atoms with Gasteiger partial charge in [0.1, 0.15) is 6.10 Å². The summed E-state index contributed by atoms with van der Waals surface area (Å²) in [5.41, 5.74) is 2.91. The lowest BCUT2D eigenvalue weighted by Gasteiger charge is -2.71. The van der Waals surface area contributed by atoms with E-state index >= 15 is 0 Å². The van der Waals surface area contributed by atoms with Crippen LogP contribution in [0.4, 0.5) is 0 Å². The summed E-state index contributed by atoms with van der Waals surface area (Å²) in [7, 11) is 0. The number of fused-ring (bicyclic) bond motifs is 7. The Morgan fingerprint density at radius 3 is 2.18 bits per heavy atom. The van der Waals surface area contributed by atoms with Gasteiger partial charge in [-0.3, -0.25) is 9.59 Å². The number of rotatable bonds is 3. The van der Waals surface area contributed by atoms with Gasteiger partial charge >= 0.3 is 11.9 Å². The average molecular weight is 527 g/mol. The Morgan fingerprint density at radius 2 is 1.53 bits per heavy atom. The van der Waals surface area contributed by atoms with Gasteiger partial charge in [-0.1, -0.05) is 60.1 Å². The van der Waals surface area contributed by atoms with E-state index in [0.29, 0.717) is 29.8 Å². The molecule has 0 bridgehead atoms. The summed E-state index contributed by atoms with van der Waals surface area (Å²) >= 11 is 0. The van der Waals surface area contributed by atoms with Crippen LogP contribution in [-0.4, -0.2) is 24.6 Å². The number of allylic oxidation sites excluding steroid dienone is 2. The average Bonchev–Trinajstić information content (AvgIpc) is 2.81. The summed E-state index contributed by atoms with van der Waals surface area (Å²) in [6.45, 7) is 21.2. The molecule has 0 radical (unpaired) electrons. The van der Waals surface area contributed by atoms with Crippen molar-refractivity contribution < 1.29 is 19.1 Å². The van der Waals surface area contributed by atoms with E-state index in [1.54, 1.807) is 12.5 Å². The zero-order valence-electron chi connectivity index (χ0n) is 25.8. The Kier molecular flexibility index (Phi) is 6.56. The summed E-state index contributed by atoms with van der Waals surface area (Å²) in [6, 6.07) is 0. The second-order valence-corrected chi connectivity index (χ2v) is 16.3. The smallest absolute Gasteiger partial charge is 0.302 e. The Balaban J connectivity index is 1.49. The van der Waals surface area contributed by atoms with E-state index in [-0.39, 0.29) is 45.1 Å². The monoisotopic (exact) mass is 526 g/mol. The van der Waals surface area contributed by atoms with Gasteiger partial charge in [0.2, 0.25) is 0 Å². The van der Waals surface area contributed by atoms with Crippen LogP contribution in [0.15, 0.2) is 11.6 Å². The minimum atomic E-state index is -0.156. The van der Waals surface area contributed by atoms with Crippen LogP contribution in [0.1, 0.15) is 127 Å². The summed E-state index contributed by atoms with van der Waals surface area (Å²) in [5, 5.41) is 0. The molecule has 4 fully saturated rings. The lowest BCUT2D eigenvalue weighted by molar-refractivity contribution is -0.212. The van der Waals surface area contributed by atoms with E-state index in [4.69, 9.17) is 9.47 Å². The van der Waals surface area contributed by atoms with Gasteiger partial charge in [0, 0.05) is 24.7 Å². The maximum Gasteiger partial charge on any atom is 0.302 e. The van der Waals surface area contributed by atoms with Gasteiger partial charge in [0.05, 0.1) is 6.61 Å². The van der Waals surface area contributed by atoms with Crippen LogP contribution < -0.4 is 0 Å². The van der Waals surface area contributed by atoms with Crippen LogP contribution in [0, 0.1) is 50.2 Å².